The number of nitro groups is 1. The summed E-state index contributed by atoms with van der Waals surface area (Å²) in [6.45, 7) is 8.23. The first-order valence-corrected chi connectivity index (χ1v) is 8.48. The van der Waals surface area contributed by atoms with Crippen LogP contribution in [-0.2, 0) is 0 Å². The van der Waals surface area contributed by atoms with E-state index in [1.54, 1.807) is 23.9 Å². The topological polar surface area (TPSA) is 58.7 Å². The Morgan fingerprint density at radius 2 is 2.00 bits per heavy atom. The van der Waals surface area contributed by atoms with E-state index in [0.29, 0.717) is 12.0 Å². The number of rotatable bonds is 4. The normalized spacial score (nSPS) is 20.2. The molecule has 120 valence electrons. The van der Waals surface area contributed by atoms with Gasteiger partial charge in [0, 0.05) is 31.0 Å². The van der Waals surface area contributed by atoms with Crippen LogP contribution in [0.3, 0.4) is 0 Å². The van der Waals surface area contributed by atoms with Gasteiger partial charge >= 0.3 is 0 Å². The minimum absolute atomic E-state index is 0.129. The average Bonchev–Trinajstić information content (AvgIpc) is 2.74. The highest BCUT2D eigenvalue weighted by Gasteiger charge is 2.28. The fourth-order valence-corrected chi connectivity index (χ4v) is 3.94. The van der Waals surface area contributed by atoms with Gasteiger partial charge in [0.2, 0.25) is 0 Å². The summed E-state index contributed by atoms with van der Waals surface area (Å²) in [6, 6.07) is 3.71. The van der Waals surface area contributed by atoms with Gasteiger partial charge in [-0.3, -0.25) is 10.1 Å². The predicted molar refractivity (Wildman–Crippen MR) is 93.1 cm³/mol. The highest BCUT2D eigenvalue weighted by atomic mass is 32.2. The van der Waals surface area contributed by atoms with Crippen molar-refractivity contribution in [2.24, 2.45) is 10.9 Å². The van der Waals surface area contributed by atoms with Crippen LogP contribution in [0, 0.1) is 29.9 Å². The van der Waals surface area contributed by atoms with Crippen LogP contribution >= 0.6 is 11.8 Å². The summed E-state index contributed by atoms with van der Waals surface area (Å²) >= 11 is 1.77. The van der Waals surface area contributed by atoms with E-state index >= 15 is 0 Å². The highest BCUT2D eigenvalue weighted by molar-refractivity contribution is 8.14. The van der Waals surface area contributed by atoms with Gasteiger partial charge in [0.05, 0.1) is 10.6 Å². The molecule has 22 heavy (non-hydrogen) atoms. The van der Waals surface area contributed by atoms with Crippen LogP contribution in [0.15, 0.2) is 17.1 Å². The maximum absolute atomic E-state index is 10.9. The summed E-state index contributed by atoms with van der Waals surface area (Å²) < 4.78 is 0. The van der Waals surface area contributed by atoms with E-state index in [4.69, 9.17) is 4.99 Å². The van der Waals surface area contributed by atoms with E-state index in [0.717, 1.165) is 34.2 Å². The highest BCUT2D eigenvalue weighted by Crippen LogP contribution is 2.33. The number of non-ortho nitro benzene ring substituents is 1. The van der Waals surface area contributed by atoms with Crippen LogP contribution in [-0.4, -0.2) is 33.8 Å². The number of hydrogen-bond donors (Lipinski definition) is 0. The number of amidine groups is 1. The lowest BCUT2D eigenvalue weighted by atomic mass is 10.0. The zero-order valence-corrected chi connectivity index (χ0v) is 14.6. The molecule has 0 saturated carbocycles. The predicted octanol–water partition coefficient (Wildman–Crippen LogP) is 4.29. The molecule has 1 aliphatic heterocycles. The molecule has 0 amide bonds. The van der Waals surface area contributed by atoms with Gasteiger partial charge in [-0.25, -0.2) is 4.99 Å². The Balaban J connectivity index is 2.28. The van der Waals surface area contributed by atoms with E-state index in [1.807, 2.05) is 13.8 Å². The fraction of sp³-hybridized carbons (Fsp3) is 0.562. The molecule has 5 nitrogen and oxygen atoms in total. The summed E-state index contributed by atoms with van der Waals surface area (Å²) in [4.78, 5) is 17.6. The molecule has 0 aliphatic carbocycles. The molecule has 1 heterocycles. The Labute approximate surface area is 136 Å². The Hall–Kier alpha value is -1.56. The molecule has 6 heteroatoms. The number of nitro benzene ring substituents is 1. The third-order valence-corrected chi connectivity index (χ3v) is 5.08. The molecule has 0 spiro atoms. The van der Waals surface area contributed by atoms with Crippen LogP contribution < -0.4 is 0 Å². The second-order valence-electron chi connectivity index (χ2n) is 6.28. The number of benzene rings is 1. The molecule has 0 aromatic heterocycles. The Morgan fingerprint density at radius 3 is 2.50 bits per heavy atom. The lowest BCUT2D eigenvalue weighted by molar-refractivity contribution is -0.384. The third-order valence-electron chi connectivity index (χ3n) is 3.89. The van der Waals surface area contributed by atoms with Gasteiger partial charge in [0.15, 0.2) is 5.17 Å². The maximum Gasteiger partial charge on any atom is 0.270 e. The molecule has 1 aromatic carbocycles. The SMILES string of the molecule is Cc1cc([N+](=O)[O-])cc(C)c1N=C1SCC(CC(C)C)N1C. The summed E-state index contributed by atoms with van der Waals surface area (Å²) in [7, 11) is 2.09. The third kappa shape index (κ3) is 3.61. The molecule has 0 radical (unpaired) electrons. The van der Waals surface area contributed by atoms with Gasteiger partial charge in [0.25, 0.3) is 5.69 Å². The van der Waals surface area contributed by atoms with Crippen molar-refractivity contribution in [3.63, 3.8) is 0 Å². The average molecular weight is 321 g/mol. The van der Waals surface area contributed by atoms with Crippen molar-refractivity contribution in [2.75, 3.05) is 12.8 Å². The largest absolute Gasteiger partial charge is 0.350 e. The van der Waals surface area contributed by atoms with Crippen molar-refractivity contribution in [3.05, 3.63) is 33.4 Å². The molecule has 1 aliphatic rings. The Kier molecular flexibility index (Phi) is 5.11. The molecule has 0 N–H and O–H groups in total. The van der Waals surface area contributed by atoms with Crippen LogP contribution in [0.1, 0.15) is 31.4 Å². The van der Waals surface area contributed by atoms with Gasteiger partial charge in [-0.15, -0.1) is 0 Å². The molecule has 1 aromatic rings. The van der Waals surface area contributed by atoms with Crippen LogP contribution in [0.25, 0.3) is 0 Å². The van der Waals surface area contributed by atoms with E-state index < -0.39 is 0 Å². The monoisotopic (exact) mass is 321 g/mol. The van der Waals surface area contributed by atoms with Crippen molar-refractivity contribution in [1.82, 2.24) is 4.90 Å². The van der Waals surface area contributed by atoms with Crippen molar-refractivity contribution in [3.8, 4) is 0 Å². The van der Waals surface area contributed by atoms with Crippen LogP contribution in [0.4, 0.5) is 11.4 Å². The number of thioether (sulfide) groups is 1. The Bertz CT molecular complexity index is 590. The zero-order chi connectivity index (χ0) is 16.4. The molecule has 2 rings (SSSR count). The second-order valence-corrected chi connectivity index (χ2v) is 7.27. The minimum Gasteiger partial charge on any atom is -0.350 e. The summed E-state index contributed by atoms with van der Waals surface area (Å²) in [5.41, 5.74) is 2.68. The quantitative estimate of drug-likeness (QED) is 0.613. The summed E-state index contributed by atoms with van der Waals surface area (Å²) in [5, 5.41) is 11.9. The standard InChI is InChI=1S/C16H23N3O2S/c1-10(2)6-14-9-22-16(18(14)5)17-15-11(3)7-13(19(20)21)8-12(15)4/h7-8,10,14H,6,9H2,1-5H3. The van der Waals surface area contributed by atoms with Gasteiger partial charge in [-0.05, 0) is 37.3 Å². The number of aliphatic imine (C=N–C) groups is 1. The van der Waals surface area contributed by atoms with Crippen molar-refractivity contribution in [1.29, 1.82) is 0 Å². The first kappa shape index (κ1) is 16.8. The van der Waals surface area contributed by atoms with E-state index in [1.165, 1.54) is 0 Å². The van der Waals surface area contributed by atoms with Crippen molar-refractivity contribution >= 4 is 28.3 Å². The van der Waals surface area contributed by atoms with Gasteiger partial charge in [0.1, 0.15) is 0 Å². The zero-order valence-electron chi connectivity index (χ0n) is 13.8. The van der Waals surface area contributed by atoms with Gasteiger partial charge in [-0.1, -0.05) is 25.6 Å². The van der Waals surface area contributed by atoms with Gasteiger partial charge in [-0.2, -0.15) is 0 Å². The fourth-order valence-electron chi connectivity index (χ4n) is 2.73. The summed E-state index contributed by atoms with van der Waals surface area (Å²) in [6.07, 6.45) is 1.15. The molecular formula is C16H23N3O2S. The lowest BCUT2D eigenvalue weighted by Crippen LogP contribution is -2.30. The number of nitrogens with zero attached hydrogens (tertiary/aromatic N) is 3. The smallest absolute Gasteiger partial charge is 0.270 e. The first-order chi connectivity index (χ1) is 10.3. The van der Waals surface area contributed by atoms with E-state index in [2.05, 4.69) is 25.8 Å². The lowest BCUT2D eigenvalue weighted by Gasteiger charge is -2.22. The Morgan fingerprint density at radius 1 is 1.41 bits per heavy atom. The molecule has 1 unspecified atom stereocenters. The molecule has 1 saturated heterocycles. The molecule has 1 atom stereocenters. The van der Waals surface area contributed by atoms with Crippen LogP contribution in [0.5, 0.6) is 0 Å². The maximum atomic E-state index is 10.9. The van der Waals surface area contributed by atoms with Crippen molar-refractivity contribution < 1.29 is 4.92 Å². The first-order valence-electron chi connectivity index (χ1n) is 7.49. The van der Waals surface area contributed by atoms with Gasteiger partial charge < -0.3 is 4.90 Å². The van der Waals surface area contributed by atoms with E-state index in [9.17, 15) is 10.1 Å². The molecular weight excluding hydrogens is 298 g/mol. The second kappa shape index (κ2) is 6.69. The minimum atomic E-state index is -0.355. The van der Waals surface area contributed by atoms with E-state index in [-0.39, 0.29) is 10.6 Å². The van der Waals surface area contributed by atoms with Crippen molar-refractivity contribution in [2.45, 2.75) is 40.2 Å². The van der Waals surface area contributed by atoms with Crippen LogP contribution in [0.2, 0.25) is 0 Å². The molecule has 1 fully saturated rings. The summed E-state index contributed by atoms with van der Waals surface area (Å²) in [5.74, 6) is 1.72. The molecule has 0 bridgehead atoms. The number of aryl methyl sites for hydroxylation is 2. The number of hydrogen-bond acceptors (Lipinski definition) is 4.